The molecular weight excluding hydrogens is 632 g/mol. The van der Waals surface area contributed by atoms with Gasteiger partial charge in [-0.25, -0.2) is 4.79 Å². The number of ether oxygens (including phenoxy) is 3. The highest BCUT2D eigenvalue weighted by Crippen LogP contribution is 2.21. The minimum atomic E-state index is -1.02. The van der Waals surface area contributed by atoms with Crippen molar-refractivity contribution >= 4 is 18.3 Å². The first-order valence-corrected chi connectivity index (χ1v) is 17.3. The van der Waals surface area contributed by atoms with Gasteiger partial charge in [0, 0.05) is 32.3 Å². The number of rotatable bonds is 10. The Morgan fingerprint density at radius 3 is 2.36 bits per heavy atom. The average molecular weight is 693 g/mol. The fourth-order valence-electron chi connectivity index (χ4n) is 5.05. The third kappa shape index (κ3) is 18.1. The van der Waals surface area contributed by atoms with Crippen molar-refractivity contribution in [3.8, 4) is 0 Å². The fraction of sp³-hybridized carbons (Fsp3) is 0.488. The Morgan fingerprint density at radius 1 is 1.00 bits per heavy atom. The number of hydrogen-bond acceptors (Lipinski definition) is 7. The number of esters is 1. The summed E-state index contributed by atoms with van der Waals surface area (Å²) in [6.45, 7) is 13.4. The molecule has 1 heterocycles. The molecule has 0 aromatic carbocycles. The van der Waals surface area contributed by atoms with E-state index in [-0.39, 0.29) is 30.6 Å². The van der Waals surface area contributed by atoms with E-state index in [9.17, 15) is 19.5 Å². The molecule has 9 nitrogen and oxygen atoms in total. The van der Waals surface area contributed by atoms with Crippen LogP contribution in [0.4, 0.5) is 0 Å². The van der Waals surface area contributed by atoms with E-state index in [0.29, 0.717) is 12.0 Å². The lowest BCUT2D eigenvalue weighted by atomic mass is 9.96. The number of carbonyl (C=O) groups excluding carboxylic acids is 3. The molecule has 0 spiro atoms. The van der Waals surface area contributed by atoms with Crippen LogP contribution < -0.4 is 10.6 Å². The van der Waals surface area contributed by atoms with Crippen molar-refractivity contribution in [1.29, 1.82) is 0 Å². The third-order valence-electron chi connectivity index (χ3n) is 8.17. The number of nitrogens with one attached hydrogen (secondary N) is 2. The van der Waals surface area contributed by atoms with Crippen molar-refractivity contribution < 1.29 is 33.7 Å². The second-order valence-corrected chi connectivity index (χ2v) is 12.8. The molecule has 276 valence electrons. The van der Waals surface area contributed by atoms with Crippen LogP contribution in [0.5, 0.6) is 0 Å². The molecule has 0 aromatic rings. The van der Waals surface area contributed by atoms with Crippen LogP contribution in [0.1, 0.15) is 67.7 Å². The van der Waals surface area contributed by atoms with Crippen LogP contribution in [-0.4, -0.2) is 75.1 Å². The number of aliphatic hydroxyl groups excluding tert-OH is 1. The normalized spacial score (nSPS) is 30.3. The Bertz CT molecular complexity index is 1360. The summed E-state index contributed by atoms with van der Waals surface area (Å²) < 4.78 is 17.5. The Balaban J connectivity index is 3.39. The highest BCUT2D eigenvalue weighted by molar-refractivity contribution is 5.88. The lowest BCUT2D eigenvalue weighted by molar-refractivity contribution is -0.144. The molecule has 0 fully saturated rings. The van der Waals surface area contributed by atoms with Crippen LogP contribution in [-0.2, 0) is 28.6 Å². The summed E-state index contributed by atoms with van der Waals surface area (Å²) in [5, 5.41) is 14.3. The third-order valence-corrected chi connectivity index (χ3v) is 8.17. The van der Waals surface area contributed by atoms with Crippen LogP contribution >= 0.6 is 0 Å². The van der Waals surface area contributed by atoms with Gasteiger partial charge in [-0.2, -0.15) is 0 Å². The molecule has 6 atom stereocenters. The molecule has 1 aliphatic rings. The number of carbonyl (C=O) groups is 3. The largest absolute Gasteiger partial charge is 0.454 e. The summed E-state index contributed by atoms with van der Waals surface area (Å²) in [4.78, 5) is 36.3. The first kappa shape index (κ1) is 44.0. The first-order valence-electron chi connectivity index (χ1n) is 17.3. The summed E-state index contributed by atoms with van der Waals surface area (Å²) in [6.07, 6.45) is 28.4. The number of aliphatic hydroxyl groups is 1. The van der Waals surface area contributed by atoms with Crippen molar-refractivity contribution in [2.75, 3.05) is 27.4 Å². The zero-order valence-electron chi connectivity index (χ0n) is 31.5. The summed E-state index contributed by atoms with van der Waals surface area (Å²) in [7, 11) is 3.42. The fourth-order valence-corrected chi connectivity index (χ4v) is 5.05. The van der Waals surface area contributed by atoms with Crippen LogP contribution in [0, 0.1) is 11.8 Å². The molecule has 50 heavy (non-hydrogen) atoms. The van der Waals surface area contributed by atoms with Crippen molar-refractivity contribution in [2.24, 2.45) is 11.8 Å². The summed E-state index contributed by atoms with van der Waals surface area (Å²) in [5.41, 5.74) is 4.42. The Kier molecular flexibility index (Phi) is 22.0. The van der Waals surface area contributed by atoms with Gasteiger partial charge in [-0.05, 0) is 65.4 Å². The number of amides is 2. The van der Waals surface area contributed by atoms with Gasteiger partial charge in [0.1, 0.15) is 12.1 Å². The van der Waals surface area contributed by atoms with Gasteiger partial charge in [-0.3, -0.25) is 9.59 Å². The van der Waals surface area contributed by atoms with Gasteiger partial charge in [0.05, 0.1) is 18.8 Å². The van der Waals surface area contributed by atoms with Gasteiger partial charge < -0.3 is 30.0 Å². The summed E-state index contributed by atoms with van der Waals surface area (Å²) >= 11 is 0. The topological polar surface area (TPSA) is 123 Å². The molecule has 0 saturated heterocycles. The predicted octanol–water partition coefficient (Wildman–Crippen LogP) is 6.56. The lowest BCUT2D eigenvalue weighted by Crippen LogP contribution is -2.46. The Hall–Kier alpha value is -4.05. The Morgan fingerprint density at radius 2 is 1.70 bits per heavy atom. The molecule has 0 aliphatic carbocycles. The molecular formula is C41H60N2O7. The highest BCUT2D eigenvalue weighted by Gasteiger charge is 2.22. The first-order chi connectivity index (χ1) is 23.8. The van der Waals surface area contributed by atoms with Crippen molar-refractivity contribution in [1.82, 2.24) is 10.6 Å². The second kappa shape index (κ2) is 25.0. The molecule has 0 radical (unpaired) electrons. The van der Waals surface area contributed by atoms with Crippen molar-refractivity contribution in [3.63, 3.8) is 0 Å². The van der Waals surface area contributed by atoms with Crippen molar-refractivity contribution in [3.05, 3.63) is 107 Å². The van der Waals surface area contributed by atoms with Crippen LogP contribution in [0.25, 0.3) is 0 Å². The van der Waals surface area contributed by atoms with E-state index >= 15 is 0 Å². The predicted molar refractivity (Wildman–Crippen MR) is 202 cm³/mol. The monoisotopic (exact) mass is 692 g/mol. The number of hydrogen-bond donors (Lipinski definition) is 3. The second-order valence-electron chi connectivity index (χ2n) is 12.8. The molecule has 2 amide bonds. The van der Waals surface area contributed by atoms with Gasteiger partial charge in [0.15, 0.2) is 0 Å². The van der Waals surface area contributed by atoms with Gasteiger partial charge in [0.2, 0.25) is 12.3 Å². The molecule has 0 aromatic heterocycles. The van der Waals surface area contributed by atoms with E-state index in [1.165, 1.54) is 5.57 Å². The van der Waals surface area contributed by atoms with Crippen LogP contribution in [0.15, 0.2) is 107 Å². The van der Waals surface area contributed by atoms with E-state index in [1.807, 2.05) is 89.3 Å². The molecule has 0 bridgehead atoms. The molecule has 1 rings (SSSR count). The standard InChI is InChI=1S/C41H60N2O7/c1-29-14-12-18-36(48-8)17-11-10-16-33(5)39(34(6)23-22-32(4)26-42-40(46)38(27-44)43-28-45)50-41(47)35(7)24-30(2)20-21-31(3)25-37(49-9)19-13-15-29/h10-11,13-17,20-25,28,30,33,36-39,44H,12,18-19,26-27H2,1-9H3,(H,42,46)(H,43,45)/b15-13+,16-10+,17-11+,21-20+,29-14+,31-25+,32-22+,34-23+,35-24+/t30-,33+,36+,37+,38+,39?/m1/s1. The quantitative estimate of drug-likeness (QED) is 0.135. The lowest BCUT2D eigenvalue weighted by Gasteiger charge is -2.23. The maximum Gasteiger partial charge on any atom is 0.334 e. The number of cyclic esters (lactones) is 1. The minimum Gasteiger partial charge on any atom is -0.454 e. The molecule has 1 aliphatic heterocycles. The van der Waals surface area contributed by atoms with Crippen LogP contribution in [0.2, 0.25) is 0 Å². The number of allylic oxidation sites excluding steroid dienone is 11. The summed E-state index contributed by atoms with van der Waals surface area (Å²) in [6, 6.07) is -1.02. The van der Waals surface area contributed by atoms with Gasteiger partial charge in [-0.15, -0.1) is 0 Å². The zero-order chi connectivity index (χ0) is 37.5. The van der Waals surface area contributed by atoms with E-state index < -0.39 is 30.6 Å². The highest BCUT2D eigenvalue weighted by atomic mass is 16.5. The van der Waals surface area contributed by atoms with Gasteiger partial charge >= 0.3 is 5.97 Å². The van der Waals surface area contributed by atoms with Crippen LogP contribution in [0.3, 0.4) is 0 Å². The minimum absolute atomic E-state index is 0.00986. The van der Waals surface area contributed by atoms with Gasteiger partial charge in [0.25, 0.3) is 0 Å². The Labute approximate surface area is 300 Å². The van der Waals surface area contributed by atoms with E-state index in [2.05, 4.69) is 41.9 Å². The summed E-state index contributed by atoms with van der Waals surface area (Å²) in [5.74, 6) is -1.06. The SMILES string of the molecule is CO[C@@H]1/C=C(C)/C=C/[C@@H](C)/C=C(\C)C(=O)OC(/C(C)=C/C=C(\C)CNC(=O)[C@H](CO)NC=O)[C@@H](C)/C=C/C=C/[C@H](OC)CC/C=C(C)/C=C/C1. The maximum atomic E-state index is 13.4. The average Bonchev–Trinajstić information content (AvgIpc) is 3.09. The van der Waals surface area contributed by atoms with E-state index in [0.717, 1.165) is 36.0 Å². The molecule has 3 N–H and O–H groups in total. The van der Waals surface area contributed by atoms with Gasteiger partial charge in [-0.1, -0.05) is 110 Å². The number of methoxy groups -OCH3 is 2. The maximum absolute atomic E-state index is 13.4. The molecule has 0 saturated carbocycles. The molecule has 1 unspecified atom stereocenters. The zero-order valence-corrected chi connectivity index (χ0v) is 31.5. The smallest absolute Gasteiger partial charge is 0.334 e. The molecule has 9 heteroatoms. The van der Waals surface area contributed by atoms with Crippen molar-refractivity contribution in [2.45, 2.75) is 92.1 Å². The van der Waals surface area contributed by atoms with E-state index in [1.54, 1.807) is 21.1 Å². The van der Waals surface area contributed by atoms with E-state index in [4.69, 9.17) is 14.2 Å².